The van der Waals surface area contributed by atoms with Crippen molar-refractivity contribution in [2.24, 2.45) is 0 Å². The number of H-pyrrole nitrogens is 1. The van der Waals surface area contributed by atoms with E-state index < -0.39 is 0 Å². The van der Waals surface area contributed by atoms with Crippen LogP contribution in [0.15, 0.2) is 6.33 Å². The average Bonchev–Trinajstić information content (AvgIpc) is 3.10. The third-order valence-corrected chi connectivity index (χ3v) is 4.59. The van der Waals surface area contributed by atoms with Crippen LogP contribution in [0.2, 0.25) is 0 Å². The van der Waals surface area contributed by atoms with Gasteiger partial charge in [0.05, 0.1) is 6.33 Å². The Balaban J connectivity index is 1.72. The Bertz CT molecular complexity index is 637. The molecule has 0 amide bonds. The van der Waals surface area contributed by atoms with Crippen molar-refractivity contribution < 1.29 is 0 Å². The van der Waals surface area contributed by atoms with Crippen LogP contribution in [0.3, 0.4) is 0 Å². The molecule has 0 aliphatic carbocycles. The van der Waals surface area contributed by atoms with Crippen LogP contribution in [0.1, 0.15) is 19.3 Å². The molecule has 7 nitrogen and oxygen atoms in total. The van der Waals surface area contributed by atoms with Gasteiger partial charge in [-0.25, -0.2) is 4.98 Å². The second-order valence-corrected chi connectivity index (χ2v) is 5.85. The number of rotatable bonds is 2. The average molecular weight is 287 g/mol. The maximum Gasteiger partial charge on any atom is 0.226 e. The maximum atomic E-state index is 4.69. The molecule has 2 aliphatic rings. The van der Waals surface area contributed by atoms with Crippen molar-refractivity contribution in [1.82, 2.24) is 24.8 Å². The topological polar surface area (TPSA) is 73.0 Å². The summed E-state index contributed by atoms with van der Waals surface area (Å²) in [6, 6.07) is 0.665. The highest BCUT2D eigenvalue weighted by molar-refractivity contribution is 5.84. The minimum atomic E-state index is 0.636. The summed E-state index contributed by atoms with van der Waals surface area (Å²) < 4.78 is 0. The lowest BCUT2D eigenvalue weighted by molar-refractivity contribution is 0.273. The van der Waals surface area contributed by atoms with Crippen LogP contribution in [-0.2, 0) is 0 Å². The van der Waals surface area contributed by atoms with Crippen molar-refractivity contribution in [3.05, 3.63) is 6.33 Å². The molecule has 2 N–H and O–H groups in total. The summed E-state index contributed by atoms with van der Waals surface area (Å²) in [5, 5.41) is 3.04. The Hall–Kier alpha value is -1.89. The summed E-state index contributed by atoms with van der Waals surface area (Å²) in [6.45, 7) is 4.55. The SMILES string of the molecule is CNc1nc(N2CCCN3CCCC3C2)c2[nH]cnc2n1. The Morgan fingerprint density at radius 2 is 2.14 bits per heavy atom. The van der Waals surface area contributed by atoms with E-state index in [9.17, 15) is 0 Å². The number of imidazole rings is 1. The molecule has 1 atom stereocenters. The zero-order chi connectivity index (χ0) is 14.2. The maximum absolute atomic E-state index is 4.69. The molecule has 4 rings (SSSR count). The van der Waals surface area contributed by atoms with E-state index in [1.807, 2.05) is 7.05 Å². The van der Waals surface area contributed by atoms with Crippen LogP contribution in [0.4, 0.5) is 11.8 Å². The fraction of sp³-hybridized carbons (Fsp3) is 0.643. The van der Waals surface area contributed by atoms with Crippen LogP contribution in [0.5, 0.6) is 0 Å². The van der Waals surface area contributed by atoms with Gasteiger partial charge in [-0.2, -0.15) is 9.97 Å². The minimum absolute atomic E-state index is 0.636. The molecule has 1 unspecified atom stereocenters. The summed E-state index contributed by atoms with van der Waals surface area (Å²) in [5.41, 5.74) is 1.68. The van der Waals surface area contributed by atoms with E-state index in [-0.39, 0.29) is 0 Å². The monoisotopic (exact) mass is 287 g/mol. The Labute approximate surface area is 123 Å². The lowest BCUT2D eigenvalue weighted by atomic mass is 10.2. The third kappa shape index (κ3) is 2.21. The summed E-state index contributed by atoms with van der Waals surface area (Å²) in [5.74, 6) is 1.62. The summed E-state index contributed by atoms with van der Waals surface area (Å²) in [7, 11) is 1.85. The van der Waals surface area contributed by atoms with Crippen molar-refractivity contribution in [3.63, 3.8) is 0 Å². The van der Waals surface area contributed by atoms with Gasteiger partial charge in [-0.15, -0.1) is 0 Å². The molecule has 7 heteroatoms. The standard InChI is InChI=1S/C14H21N7/c1-15-14-18-12-11(16-9-17-12)13(19-14)21-7-3-6-20-5-2-4-10(20)8-21/h9-10H,2-8H2,1H3,(H2,15,16,17,18,19). The smallest absolute Gasteiger partial charge is 0.226 e. The second kappa shape index (κ2) is 5.14. The van der Waals surface area contributed by atoms with Crippen molar-refractivity contribution >= 4 is 22.9 Å². The molecular weight excluding hydrogens is 266 g/mol. The first kappa shape index (κ1) is 12.8. The van der Waals surface area contributed by atoms with Crippen LogP contribution >= 0.6 is 0 Å². The predicted molar refractivity (Wildman–Crippen MR) is 82.7 cm³/mol. The lowest BCUT2D eigenvalue weighted by Gasteiger charge is -2.26. The first-order valence-electron chi connectivity index (χ1n) is 7.73. The molecule has 21 heavy (non-hydrogen) atoms. The van der Waals surface area contributed by atoms with Gasteiger partial charge in [0, 0.05) is 32.7 Å². The molecular formula is C14H21N7. The quantitative estimate of drug-likeness (QED) is 0.861. The number of fused-ring (bicyclic) bond motifs is 2. The van der Waals surface area contributed by atoms with Crippen LogP contribution in [0, 0.1) is 0 Å². The van der Waals surface area contributed by atoms with Crippen LogP contribution < -0.4 is 10.2 Å². The van der Waals surface area contributed by atoms with E-state index in [1.165, 1.54) is 32.4 Å². The van der Waals surface area contributed by atoms with Gasteiger partial charge < -0.3 is 15.2 Å². The number of anilines is 2. The number of aromatic nitrogens is 4. The van der Waals surface area contributed by atoms with Gasteiger partial charge in [0.25, 0.3) is 0 Å². The molecule has 0 spiro atoms. The van der Waals surface area contributed by atoms with Crippen molar-refractivity contribution in [3.8, 4) is 0 Å². The van der Waals surface area contributed by atoms with Crippen molar-refractivity contribution in [2.75, 3.05) is 43.4 Å². The number of nitrogens with zero attached hydrogens (tertiary/aromatic N) is 5. The summed E-state index contributed by atoms with van der Waals surface area (Å²) in [6.07, 6.45) is 5.50. The zero-order valence-corrected chi connectivity index (χ0v) is 12.3. The largest absolute Gasteiger partial charge is 0.357 e. The minimum Gasteiger partial charge on any atom is -0.357 e. The molecule has 0 aromatic carbocycles. The van der Waals surface area contributed by atoms with E-state index in [4.69, 9.17) is 0 Å². The van der Waals surface area contributed by atoms with Crippen molar-refractivity contribution in [2.45, 2.75) is 25.3 Å². The lowest BCUT2D eigenvalue weighted by Crippen LogP contribution is -2.37. The molecule has 2 aromatic heterocycles. The molecule has 4 heterocycles. The van der Waals surface area contributed by atoms with Gasteiger partial charge >= 0.3 is 0 Å². The highest BCUT2D eigenvalue weighted by Crippen LogP contribution is 2.27. The van der Waals surface area contributed by atoms with Gasteiger partial charge in [-0.3, -0.25) is 4.90 Å². The second-order valence-electron chi connectivity index (χ2n) is 5.85. The van der Waals surface area contributed by atoms with E-state index in [2.05, 4.69) is 35.1 Å². The van der Waals surface area contributed by atoms with Gasteiger partial charge in [-0.1, -0.05) is 0 Å². The van der Waals surface area contributed by atoms with Crippen molar-refractivity contribution in [1.29, 1.82) is 0 Å². The molecule has 2 aliphatic heterocycles. The van der Waals surface area contributed by atoms with E-state index in [0.717, 1.165) is 30.1 Å². The number of hydrogen-bond donors (Lipinski definition) is 2. The number of aromatic amines is 1. The predicted octanol–water partition coefficient (Wildman–Crippen LogP) is 1.07. The number of hydrogen-bond acceptors (Lipinski definition) is 6. The highest BCUT2D eigenvalue weighted by atomic mass is 15.3. The summed E-state index contributed by atoms with van der Waals surface area (Å²) in [4.78, 5) is 21.6. The molecule has 0 saturated carbocycles. The fourth-order valence-corrected chi connectivity index (χ4v) is 3.56. The molecule has 2 saturated heterocycles. The number of nitrogens with one attached hydrogen (secondary N) is 2. The van der Waals surface area contributed by atoms with Gasteiger partial charge in [0.2, 0.25) is 5.95 Å². The van der Waals surface area contributed by atoms with Crippen LogP contribution in [0.25, 0.3) is 11.2 Å². The third-order valence-electron chi connectivity index (χ3n) is 4.59. The van der Waals surface area contributed by atoms with Gasteiger partial charge in [0.15, 0.2) is 11.5 Å². The molecule has 0 bridgehead atoms. The van der Waals surface area contributed by atoms with E-state index in [0.29, 0.717) is 12.0 Å². The Morgan fingerprint density at radius 1 is 1.24 bits per heavy atom. The fourth-order valence-electron chi connectivity index (χ4n) is 3.56. The van der Waals surface area contributed by atoms with Crippen LogP contribution in [-0.4, -0.2) is 64.1 Å². The Kier molecular flexibility index (Phi) is 3.14. The highest BCUT2D eigenvalue weighted by Gasteiger charge is 2.30. The molecule has 0 radical (unpaired) electrons. The van der Waals surface area contributed by atoms with Gasteiger partial charge in [0.1, 0.15) is 5.52 Å². The van der Waals surface area contributed by atoms with E-state index >= 15 is 0 Å². The first-order chi connectivity index (χ1) is 10.3. The molecule has 2 fully saturated rings. The Morgan fingerprint density at radius 3 is 3.05 bits per heavy atom. The van der Waals surface area contributed by atoms with Gasteiger partial charge in [-0.05, 0) is 25.8 Å². The molecule has 2 aromatic rings. The molecule has 112 valence electrons. The first-order valence-corrected chi connectivity index (χ1v) is 7.73. The summed E-state index contributed by atoms with van der Waals surface area (Å²) >= 11 is 0. The van der Waals surface area contributed by atoms with E-state index in [1.54, 1.807) is 6.33 Å². The normalized spacial score (nSPS) is 23.3. The zero-order valence-electron chi connectivity index (χ0n) is 12.3.